The Morgan fingerprint density at radius 1 is 1.75 bits per heavy atom. The van der Waals surface area contributed by atoms with Crippen molar-refractivity contribution < 1.29 is 4.79 Å². The molecular weight excluding hydrogens is 288 g/mol. The van der Waals surface area contributed by atoms with Crippen LogP contribution in [0.4, 0.5) is 0 Å². The molecule has 1 aliphatic heterocycles. The van der Waals surface area contributed by atoms with E-state index in [0.717, 1.165) is 35.3 Å². The summed E-state index contributed by atoms with van der Waals surface area (Å²) in [5, 5.41) is 5.11. The molecule has 2 heterocycles. The van der Waals surface area contributed by atoms with Crippen LogP contribution in [-0.2, 0) is 0 Å². The van der Waals surface area contributed by atoms with Gasteiger partial charge < -0.3 is 10.2 Å². The molecule has 1 aromatic rings. The summed E-state index contributed by atoms with van der Waals surface area (Å²) in [5.74, 6) is 0.174. The van der Waals surface area contributed by atoms with Gasteiger partial charge in [-0.25, -0.2) is 0 Å². The van der Waals surface area contributed by atoms with Crippen molar-refractivity contribution in [3.05, 3.63) is 20.8 Å². The molecule has 0 saturated carbocycles. The standard InChI is InChI=1S/C11H15BrN2OS/c1-13-6-9-3-2-4-14(9)11(15)10-5-8(12)7-16-10/h5,7,9,13H,2-4,6H2,1H3. The number of rotatable bonds is 3. The minimum absolute atomic E-state index is 0.174. The highest BCUT2D eigenvalue weighted by molar-refractivity contribution is 9.10. The fourth-order valence-corrected chi connectivity index (χ4v) is 3.50. The Morgan fingerprint density at radius 2 is 2.56 bits per heavy atom. The number of halogens is 1. The van der Waals surface area contributed by atoms with Gasteiger partial charge in [-0.3, -0.25) is 4.79 Å². The van der Waals surface area contributed by atoms with E-state index in [1.54, 1.807) is 0 Å². The van der Waals surface area contributed by atoms with Gasteiger partial charge in [-0.15, -0.1) is 11.3 Å². The molecule has 1 aromatic heterocycles. The van der Waals surface area contributed by atoms with E-state index in [1.807, 2.05) is 23.4 Å². The van der Waals surface area contributed by atoms with E-state index < -0.39 is 0 Å². The number of carbonyl (C=O) groups is 1. The fraction of sp³-hybridized carbons (Fsp3) is 0.545. The molecule has 0 radical (unpaired) electrons. The van der Waals surface area contributed by atoms with Crippen LogP contribution in [0, 0.1) is 0 Å². The number of carbonyl (C=O) groups excluding carboxylic acids is 1. The first kappa shape index (κ1) is 12.1. The van der Waals surface area contributed by atoms with Crippen molar-refractivity contribution in [2.75, 3.05) is 20.1 Å². The van der Waals surface area contributed by atoms with Gasteiger partial charge in [0.25, 0.3) is 5.91 Å². The minimum Gasteiger partial charge on any atom is -0.334 e. The molecule has 1 atom stereocenters. The molecule has 1 aliphatic rings. The second-order valence-corrected chi connectivity index (χ2v) is 5.81. The summed E-state index contributed by atoms with van der Waals surface area (Å²) in [6.07, 6.45) is 2.23. The molecule has 1 unspecified atom stereocenters. The van der Waals surface area contributed by atoms with Crippen LogP contribution in [-0.4, -0.2) is 37.0 Å². The number of hydrogen-bond acceptors (Lipinski definition) is 3. The lowest BCUT2D eigenvalue weighted by atomic mass is 10.2. The number of likely N-dealkylation sites (tertiary alicyclic amines) is 1. The summed E-state index contributed by atoms with van der Waals surface area (Å²) in [7, 11) is 1.93. The third kappa shape index (κ3) is 2.47. The van der Waals surface area contributed by atoms with E-state index in [-0.39, 0.29) is 5.91 Å². The number of thiophene rings is 1. The van der Waals surface area contributed by atoms with Gasteiger partial charge in [-0.1, -0.05) is 0 Å². The van der Waals surface area contributed by atoms with Crippen LogP contribution in [0.15, 0.2) is 15.9 Å². The topological polar surface area (TPSA) is 32.3 Å². The van der Waals surface area contributed by atoms with E-state index in [9.17, 15) is 4.79 Å². The van der Waals surface area contributed by atoms with Crippen LogP contribution in [0.1, 0.15) is 22.5 Å². The second kappa shape index (κ2) is 5.29. The Morgan fingerprint density at radius 3 is 3.19 bits per heavy atom. The van der Waals surface area contributed by atoms with Gasteiger partial charge in [0.2, 0.25) is 0 Å². The Hall–Kier alpha value is -0.390. The van der Waals surface area contributed by atoms with Crippen molar-refractivity contribution in [3.63, 3.8) is 0 Å². The molecule has 1 N–H and O–H groups in total. The van der Waals surface area contributed by atoms with Crippen molar-refractivity contribution in [3.8, 4) is 0 Å². The third-order valence-electron chi connectivity index (χ3n) is 2.86. The van der Waals surface area contributed by atoms with Crippen LogP contribution < -0.4 is 5.32 Å². The Kier molecular flexibility index (Phi) is 4.00. The fourth-order valence-electron chi connectivity index (χ4n) is 2.12. The molecule has 1 fully saturated rings. The maximum atomic E-state index is 12.2. The van der Waals surface area contributed by atoms with Crippen LogP contribution >= 0.6 is 27.3 Å². The van der Waals surface area contributed by atoms with Crippen molar-refractivity contribution in [2.45, 2.75) is 18.9 Å². The molecule has 1 saturated heterocycles. The van der Waals surface area contributed by atoms with Gasteiger partial charge in [0.1, 0.15) is 0 Å². The largest absolute Gasteiger partial charge is 0.334 e. The molecule has 5 heteroatoms. The van der Waals surface area contributed by atoms with Crippen LogP contribution in [0.3, 0.4) is 0 Å². The highest BCUT2D eigenvalue weighted by atomic mass is 79.9. The average molecular weight is 303 g/mol. The molecule has 1 amide bonds. The quantitative estimate of drug-likeness (QED) is 0.929. The van der Waals surface area contributed by atoms with E-state index in [2.05, 4.69) is 21.2 Å². The van der Waals surface area contributed by atoms with Crippen molar-refractivity contribution in [1.82, 2.24) is 10.2 Å². The predicted molar refractivity (Wildman–Crippen MR) is 70.0 cm³/mol. The normalized spacial score (nSPS) is 20.4. The highest BCUT2D eigenvalue weighted by Gasteiger charge is 2.29. The monoisotopic (exact) mass is 302 g/mol. The van der Waals surface area contributed by atoms with Gasteiger partial charge in [0.15, 0.2) is 0 Å². The Bertz CT molecular complexity index is 380. The van der Waals surface area contributed by atoms with Gasteiger partial charge in [0.05, 0.1) is 4.88 Å². The Labute approximate surface area is 108 Å². The Balaban J connectivity index is 2.09. The first-order valence-electron chi connectivity index (χ1n) is 5.42. The number of nitrogens with zero attached hydrogens (tertiary/aromatic N) is 1. The molecular formula is C11H15BrN2OS. The molecule has 16 heavy (non-hydrogen) atoms. The van der Waals surface area contributed by atoms with Crippen LogP contribution in [0.5, 0.6) is 0 Å². The SMILES string of the molecule is CNCC1CCCN1C(=O)c1cc(Br)cs1. The minimum atomic E-state index is 0.174. The number of hydrogen-bond donors (Lipinski definition) is 1. The smallest absolute Gasteiger partial charge is 0.264 e. The molecule has 3 nitrogen and oxygen atoms in total. The second-order valence-electron chi connectivity index (χ2n) is 3.98. The van der Waals surface area contributed by atoms with Crippen molar-refractivity contribution >= 4 is 33.2 Å². The average Bonchev–Trinajstić information content (AvgIpc) is 2.87. The lowest BCUT2D eigenvalue weighted by Gasteiger charge is -2.23. The maximum Gasteiger partial charge on any atom is 0.264 e. The van der Waals surface area contributed by atoms with Gasteiger partial charge in [-0.05, 0) is 41.9 Å². The summed E-state index contributed by atoms with van der Waals surface area (Å²) in [5.41, 5.74) is 0. The molecule has 0 aliphatic carbocycles. The molecule has 0 bridgehead atoms. The van der Waals surface area contributed by atoms with E-state index in [1.165, 1.54) is 11.3 Å². The zero-order chi connectivity index (χ0) is 11.5. The summed E-state index contributed by atoms with van der Waals surface area (Å²) < 4.78 is 0.991. The van der Waals surface area contributed by atoms with Crippen LogP contribution in [0.2, 0.25) is 0 Å². The van der Waals surface area contributed by atoms with Crippen molar-refractivity contribution in [1.29, 1.82) is 0 Å². The number of likely N-dealkylation sites (N-methyl/N-ethyl adjacent to an activating group) is 1. The zero-order valence-electron chi connectivity index (χ0n) is 9.20. The summed E-state index contributed by atoms with van der Waals surface area (Å²) in [6, 6.07) is 2.26. The predicted octanol–water partition coefficient (Wildman–Crippen LogP) is 2.33. The summed E-state index contributed by atoms with van der Waals surface area (Å²) >= 11 is 4.89. The van der Waals surface area contributed by atoms with Gasteiger partial charge in [0, 0.05) is 29.0 Å². The summed E-state index contributed by atoms with van der Waals surface area (Å²) in [4.78, 5) is 15.1. The highest BCUT2D eigenvalue weighted by Crippen LogP contribution is 2.25. The number of nitrogens with one attached hydrogen (secondary N) is 1. The molecule has 0 aromatic carbocycles. The molecule has 2 rings (SSSR count). The third-order valence-corrected chi connectivity index (χ3v) is 4.54. The lowest BCUT2D eigenvalue weighted by molar-refractivity contribution is 0.0742. The van der Waals surface area contributed by atoms with Crippen LogP contribution in [0.25, 0.3) is 0 Å². The van der Waals surface area contributed by atoms with E-state index >= 15 is 0 Å². The molecule has 0 spiro atoms. The zero-order valence-corrected chi connectivity index (χ0v) is 11.6. The first-order chi connectivity index (χ1) is 7.72. The van der Waals surface area contributed by atoms with E-state index in [4.69, 9.17) is 0 Å². The van der Waals surface area contributed by atoms with Crippen molar-refractivity contribution in [2.24, 2.45) is 0 Å². The molecule has 88 valence electrons. The van der Waals surface area contributed by atoms with Gasteiger partial charge in [-0.2, -0.15) is 0 Å². The van der Waals surface area contributed by atoms with E-state index in [0.29, 0.717) is 6.04 Å². The van der Waals surface area contributed by atoms with Gasteiger partial charge >= 0.3 is 0 Å². The lowest BCUT2D eigenvalue weighted by Crippen LogP contribution is -2.40. The first-order valence-corrected chi connectivity index (χ1v) is 7.09. The summed E-state index contributed by atoms with van der Waals surface area (Å²) in [6.45, 7) is 1.78. The number of amides is 1. The maximum absolute atomic E-state index is 12.2.